The number of rotatable bonds is 4. The zero-order valence-electron chi connectivity index (χ0n) is 11.8. The zero-order chi connectivity index (χ0) is 13.8. The molecular formula is C17H16IrN3-. The fourth-order valence-corrected chi connectivity index (χ4v) is 2.26. The van der Waals surface area contributed by atoms with Gasteiger partial charge in [0.25, 0.3) is 0 Å². The predicted molar refractivity (Wildman–Crippen MR) is 79.6 cm³/mol. The molecular weight excluding hydrogens is 438 g/mol. The molecule has 1 radical (unpaired) electrons. The molecule has 0 amide bonds. The maximum atomic E-state index is 4.36. The quantitative estimate of drug-likeness (QED) is 0.563. The van der Waals surface area contributed by atoms with Crippen LogP contribution in [-0.4, -0.2) is 14.8 Å². The summed E-state index contributed by atoms with van der Waals surface area (Å²) >= 11 is 0. The second-order valence-electron chi connectivity index (χ2n) is 4.64. The van der Waals surface area contributed by atoms with Crippen molar-refractivity contribution in [3.8, 4) is 17.1 Å². The largest absolute Gasteiger partial charge is 0.320 e. The molecule has 0 aliphatic heterocycles. The molecule has 1 heterocycles. The molecule has 3 aromatic rings. The molecule has 2 aromatic carbocycles. The van der Waals surface area contributed by atoms with Crippen LogP contribution in [0.5, 0.6) is 0 Å². The van der Waals surface area contributed by atoms with Gasteiger partial charge in [-0.3, -0.25) is 0 Å². The minimum absolute atomic E-state index is 0. The molecule has 4 heteroatoms. The van der Waals surface area contributed by atoms with Crippen molar-refractivity contribution in [3.05, 3.63) is 66.5 Å². The van der Waals surface area contributed by atoms with E-state index in [9.17, 15) is 0 Å². The van der Waals surface area contributed by atoms with Crippen molar-refractivity contribution >= 4 is 0 Å². The molecule has 109 valence electrons. The monoisotopic (exact) mass is 455 g/mol. The third-order valence-electron chi connectivity index (χ3n) is 3.17. The van der Waals surface area contributed by atoms with Crippen LogP contribution in [0, 0.1) is 6.07 Å². The van der Waals surface area contributed by atoms with Crippen LogP contribution in [0.15, 0.2) is 54.6 Å². The number of para-hydroxylation sites is 1. The fourth-order valence-electron chi connectivity index (χ4n) is 2.26. The van der Waals surface area contributed by atoms with E-state index in [4.69, 9.17) is 0 Å². The number of nitrogens with zero attached hydrogens (tertiary/aromatic N) is 3. The van der Waals surface area contributed by atoms with Gasteiger partial charge in [0.15, 0.2) is 0 Å². The van der Waals surface area contributed by atoms with Gasteiger partial charge in [0.1, 0.15) is 5.82 Å². The van der Waals surface area contributed by atoms with Crippen molar-refractivity contribution in [2.24, 2.45) is 0 Å². The Balaban J connectivity index is 0.00000161. The number of aryl methyl sites for hydroxylation is 1. The Labute approximate surface area is 138 Å². The third kappa shape index (κ3) is 3.29. The molecule has 0 fully saturated rings. The topological polar surface area (TPSA) is 30.7 Å². The summed E-state index contributed by atoms with van der Waals surface area (Å²) in [5, 5.41) is 8.71. The van der Waals surface area contributed by atoms with Gasteiger partial charge in [-0.25, -0.2) is 0 Å². The summed E-state index contributed by atoms with van der Waals surface area (Å²) in [5.41, 5.74) is 2.06. The normalized spacial score (nSPS) is 10.1. The van der Waals surface area contributed by atoms with E-state index >= 15 is 0 Å². The first kappa shape index (κ1) is 15.6. The van der Waals surface area contributed by atoms with Gasteiger partial charge in [-0.05, 0) is 18.6 Å². The van der Waals surface area contributed by atoms with E-state index in [0.29, 0.717) is 0 Å². The fraction of sp³-hybridized carbons (Fsp3) is 0.176. The van der Waals surface area contributed by atoms with Crippen molar-refractivity contribution in [2.45, 2.75) is 19.8 Å². The minimum Gasteiger partial charge on any atom is -0.320 e. The number of hydrogen-bond donors (Lipinski definition) is 0. The van der Waals surface area contributed by atoms with Crippen LogP contribution in [-0.2, 0) is 26.5 Å². The molecule has 21 heavy (non-hydrogen) atoms. The van der Waals surface area contributed by atoms with Crippen molar-refractivity contribution < 1.29 is 20.1 Å². The summed E-state index contributed by atoms with van der Waals surface area (Å²) in [4.78, 5) is 0. The van der Waals surface area contributed by atoms with Crippen LogP contribution in [0.1, 0.15) is 19.2 Å². The Morgan fingerprint density at radius 1 is 1.00 bits per heavy atom. The standard InChI is InChI=1S/C17H16N3.Ir/c1-2-9-16-18-19-17(14-10-5-3-6-11-14)20(16)15-12-7-4-8-13-15;/h3-8,10,12-13H,2,9H2,1H3;/q-1;. The van der Waals surface area contributed by atoms with E-state index in [0.717, 1.165) is 35.7 Å². The third-order valence-corrected chi connectivity index (χ3v) is 3.17. The molecule has 1 aromatic heterocycles. The van der Waals surface area contributed by atoms with Gasteiger partial charge in [-0.15, -0.1) is 41.0 Å². The Kier molecular flexibility index (Phi) is 5.43. The molecule has 3 nitrogen and oxygen atoms in total. The van der Waals surface area contributed by atoms with Gasteiger partial charge in [0.05, 0.1) is 5.82 Å². The first-order valence-electron chi connectivity index (χ1n) is 6.87. The van der Waals surface area contributed by atoms with Crippen LogP contribution >= 0.6 is 0 Å². The smallest absolute Gasteiger partial charge is 0.128 e. The summed E-state index contributed by atoms with van der Waals surface area (Å²) < 4.78 is 2.12. The zero-order valence-corrected chi connectivity index (χ0v) is 14.2. The van der Waals surface area contributed by atoms with Crippen molar-refractivity contribution in [2.75, 3.05) is 0 Å². The molecule has 0 aliphatic carbocycles. The van der Waals surface area contributed by atoms with E-state index < -0.39 is 0 Å². The second-order valence-corrected chi connectivity index (χ2v) is 4.64. The maximum Gasteiger partial charge on any atom is 0.128 e. The minimum atomic E-state index is 0. The second kappa shape index (κ2) is 7.30. The van der Waals surface area contributed by atoms with Gasteiger partial charge in [-0.2, -0.15) is 5.10 Å². The summed E-state index contributed by atoms with van der Waals surface area (Å²) in [6.07, 6.45) is 1.96. The number of aromatic nitrogens is 3. The average molecular weight is 455 g/mol. The Morgan fingerprint density at radius 3 is 2.43 bits per heavy atom. The van der Waals surface area contributed by atoms with Crippen molar-refractivity contribution in [3.63, 3.8) is 0 Å². The molecule has 0 atom stereocenters. The van der Waals surface area contributed by atoms with E-state index in [1.54, 1.807) is 0 Å². The summed E-state index contributed by atoms with van der Waals surface area (Å²) in [7, 11) is 0. The Morgan fingerprint density at radius 2 is 1.76 bits per heavy atom. The van der Waals surface area contributed by atoms with Crippen molar-refractivity contribution in [1.29, 1.82) is 0 Å². The van der Waals surface area contributed by atoms with Gasteiger partial charge in [0, 0.05) is 32.2 Å². The Bertz CT molecular complexity index is 678. The first-order chi connectivity index (χ1) is 9.90. The molecule has 0 saturated carbocycles. The van der Waals surface area contributed by atoms with Gasteiger partial charge in [0.2, 0.25) is 0 Å². The van der Waals surface area contributed by atoms with E-state index in [-0.39, 0.29) is 20.1 Å². The van der Waals surface area contributed by atoms with E-state index in [1.165, 1.54) is 0 Å². The summed E-state index contributed by atoms with van der Waals surface area (Å²) in [5.74, 6) is 1.84. The molecule has 0 N–H and O–H groups in total. The molecule has 0 saturated heterocycles. The van der Waals surface area contributed by atoms with Crippen LogP contribution in [0.3, 0.4) is 0 Å². The van der Waals surface area contributed by atoms with Gasteiger partial charge in [-0.1, -0.05) is 25.1 Å². The SMILES string of the molecule is CCCc1nnc(-c2[c-]cccc2)n1-c1ccccc1.[Ir]. The van der Waals surface area contributed by atoms with E-state index in [2.05, 4.69) is 39.9 Å². The maximum absolute atomic E-state index is 4.36. The number of hydrogen-bond acceptors (Lipinski definition) is 2. The summed E-state index contributed by atoms with van der Waals surface area (Å²) in [6, 6.07) is 21.3. The van der Waals surface area contributed by atoms with E-state index in [1.807, 2.05) is 42.5 Å². The first-order valence-corrected chi connectivity index (χ1v) is 6.87. The summed E-state index contributed by atoms with van der Waals surface area (Å²) in [6.45, 7) is 2.15. The average Bonchev–Trinajstić information content (AvgIpc) is 2.93. The Hall–Kier alpha value is -1.77. The van der Waals surface area contributed by atoms with Crippen LogP contribution in [0.2, 0.25) is 0 Å². The van der Waals surface area contributed by atoms with Crippen LogP contribution in [0.4, 0.5) is 0 Å². The van der Waals surface area contributed by atoms with Gasteiger partial charge >= 0.3 is 0 Å². The molecule has 0 spiro atoms. The van der Waals surface area contributed by atoms with Crippen LogP contribution in [0.25, 0.3) is 17.1 Å². The molecule has 3 rings (SSSR count). The van der Waals surface area contributed by atoms with Crippen molar-refractivity contribution in [1.82, 2.24) is 14.8 Å². The predicted octanol–water partition coefficient (Wildman–Crippen LogP) is 3.68. The van der Waals surface area contributed by atoms with Gasteiger partial charge < -0.3 is 4.57 Å². The number of benzene rings is 2. The van der Waals surface area contributed by atoms with Crippen LogP contribution < -0.4 is 0 Å². The molecule has 0 unspecified atom stereocenters. The molecule has 0 bridgehead atoms. The molecule has 0 aliphatic rings.